The number of esters is 1. The number of benzene rings is 3. The van der Waals surface area contributed by atoms with Crippen LogP contribution in [0.2, 0.25) is 0 Å². The number of aryl methyl sites for hydroxylation is 2. The molecule has 3 aromatic carbocycles. The fourth-order valence-corrected chi connectivity index (χ4v) is 3.13. The molecule has 0 aliphatic carbocycles. The summed E-state index contributed by atoms with van der Waals surface area (Å²) in [5.74, 6) is -1.19. The first-order valence-corrected chi connectivity index (χ1v) is 10.6. The van der Waals surface area contributed by atoms with E-state index in [0.717, 1.165) is 11.1 Å². The number of hydrogen-bond donors (Lipinski definition) is 2. The maximum Gasteiger partial charge on any atom is 0.343 e. The molecule has 0 saturated carbocycles. The van der Waals surface area contributed by atoms with Crippen LogP contribution in [-0.4, -0.2) is 38.2 Å². The summed E-state index contributed by atoms with van der Waals surface area (Å²) in [4.78, 5) is 36.7. The topological polar surface area (TPSA) is 115 Å². The van der Waals surface area contributed by atoms with E-state index in [1.54, 1.807) is 36.4 Å². The molecular weight excluding hydrogens is 450 g/mol. The molecular formula is C26H25N3O6. The van der Waals surface area contributed by atoms with E-state index in [4.69, 9.17) is 14.2 Å². The van der Waals surface area contributed by atoms with Gasteiger partial charge in [0, 0.05) is 5.69 Å². The molecule has 3 aromatic rings. The highest BCUT2D eigenvalue weighted by Gasteiger charge is 2.16. The molecule has 0 heterocycles. The average molecular weight is 476 g/mol. The maximum atomic E-state index is 12.4. The van der Waals surface area contributed by atoms with Gasteiger partial charge in [-0.15, -0.1) is 0 Å². The third-order valence-corrected chi connectivity index (χ3v) is 5.02. The van der Waals surface area contributed by atoms with Crippen LogP contribution in [0.4, 0.5) is 5.69 Å². The summed E-state index contributed by atoms with van der Waals surface area (Å²) < 4.78 is 15.8. The minimum Gasteiger partial charge on any atom is -0.497 e. The first-order chi connectivity index (χ1) is 16.8. The number of methoxy groups -OCH3 is 2. The molecule has 0 aromatic heterocycles. The molecule has 0 bridgehead atoms. The van der Waals surface area contributed by atoms with Gasteiger partial charge in [-0.2, -0.15) is 5.10 Å². The van der Waals surface area contributed by atoms with E-state index in [9.17, 15) is 14.4 Å². The second-order valence-electron chi connectivity index (χ2n) is 7.45. The Bertz CT molecular complexity index is 1250. The molecule has 2 amide bonds. The molecule has 35 heavy (non-hydrogen) atoms. The van der Waals surface area contributed by atoms with Crippen molar-refractivity contribution in [3.8, 4) is 17.2 Å². The van der Waals surface area contributed by atoms with E-state index in [2.05, 4.69) is 15.8 Å². The largest absolute Gasteiger partial charge is 0.497 e. The zero-order valence-electron chi connectivity index (χ0n) is 19.7. The number of nitrogens with one attached hydrogen (secondary N) is 2. The fourth-order valence-electron chi connectivity index (χ4n) is 3.13. The van der Waals surface area contributed by atoms with Crippen LogP contribution in [0, 0.1) is 13.8 Å². The van der Waals surface area contributed by atoms with Gasteiger partial charge in [-0.05, 0) is 73.0 Å². The lowest BCUT2D eigenvalue weighted by Gasteiger charge is -2.10. The highest BCUT2D eigenvalue weighted by atomic mass is 16.6. The Hall–Kier alpha value is -4.66. The van der Waals surface area contributed by atoms with E-state index in [0.29, 0.717) is 22.6 Å². The van der Waals surface area contributed by atoms with Crippen LogP contribution < -0.4 is 25.0 Å². The van der Waals surface area contributed by atoms with Gasteiger partial charge in [0.15, 0.2) is 11.5 Å². The van der Waals surface area contributed by atoms with Gasteiger partial charge in [0.1, 0.15) is 5.75 Å². The standard InChI is InChI=1S/C26H25N3O6/c1-16-6-5-7-17(2)23(16)28-24(30)25(31)29-27-15-18-8-13-21(22(14-18)34-4)35-26(32)19-9-11-20(33-3)12-10-19/h5-15H,1-4H3,(H,28,30)(H,29,31)/b27-15+. The van der Waals surface area contributed by atoms with Crippen molar-refractivity contribution >= 4 is 29.7 Å². The number of amides is 2. The second-order valence-corrected chi connectivity index (χ2v) is 7.45. The molecule has 3 rings (SSSR count). The molecule has 9 heteroatoms. The summed E-state index contributed by atoms with van der Waals surface area (Å²) in [6, 6.07) is 16.8. The van der Waals surface area contributed by atoms with Crippen LogP contribution in [0.3, 0.4) is 0 Å². The van der Waals surface area contributed by atoms with Gasteiger partial charge in [-0.1, -0.05) is 18.2 Å². The molecule has 0 aliphatic rings. The van der Waals surface area contributed by atoms with E-state index >= 15 is 0 Å². The summed E-state index contributed by atoms with van der Waals surface area (Å²) in [5, 5.41) is 6.41. The number of carbonyl (C=O) groups excluding carboxylic acids is 3. The van der Waals surface area contributed by atoms with Crippen molar-refractivity contribution in [3.05, 3.63) is 82.9 Å². The second kappa shape index (κ2) is 11.5. The van der Waals surface area contributed by atoms with Gasteiger partial charge in [0.05, 0.1) is 26.0 Å². The first-order valence-electron chi connectivity index (χ1n) is 10.6. The predicted molar refractivity (Wildman–Crippen MR) is 131 cm³/mol. The number of hydrogen-bond acceptors (Lipinski definition) is 7. The molecule has 2 N–H and O–H groups in total. The smallest absolute Gasteiger partial charge is 0.343 e. The summed E-state index contributed by atoms with van der Waals surface area (Å²) in [6.45, 7) is 3.67. The highest BCUT2D eigenvalue weighted by molar-refractivity contribution is 6.39. The Labute approximate surface area is 202 Å². The minimum atomic E-state index is -0.916. The monoisotopic (exact) mass is 475 g/mol. The third-order valence-electron chi connectivity index (χ3n) is 5.02. The Morgan fingerprint density at radius 2 is 1.51 bits per heavy atom. The van der Waals surface area contributed by atoms with Crippen LogP contribution in [-0.2, 0) is 9.59 Å². The van der Waals surface area contributed by atoms with Crippen molar-refractivity contribution in [3.63, 3.8) is 0 Å². The van der Waals surface area contributed by atoms with Crippen LogP contribution in [0.25, 0.3) is 0 Å². The lowest BCUT2D eigenvalue weighted by molar-refractivity contribution is -0.136. The van der Waals surface area contributed by atoms with Gasteiger partial charge in [-0.3, -0.25) is 9.59 Å². The normalized spacial score (nSPS) is 10.5. The first kappa shape index (κ1) is 25.0. The summed E-state index contributed by atoms with van der Waals surface area (Å²) >= 11 is 0. The van der Waals surface area contributed by atoms with E-state index in [-0.39, 0.29) is 11.5 Å². The lowest BCUT2D eigenvalue weighted by atomic mass is 10.1. The maximum absolute atomic E-state index is 12.4. The molecule has 0 aliphatic heterocycles. The summed E-state index contributed by atoms with van der Waals surface area (Å²) in [5.41, 5.74) is 5.35. The van der Waals surface area contributed by atoms with Gasteiger partial charge in [-0.25, -0.2) is 10.2 Å². The molecule has 0 saturated heterocycles. The molecule has 9 nitrogen and oxygen atoms in total. The number of anilines is 1. The van der Waals surface area contributed by atoms with Crippen molar-refractivity contribution in [1.29, 1.82) is 0 Å². The van der Waals surface area contributed by atoms with E-state index in [1.165, 1.54) is 26.5 Å². The number of nitrogens with zero attached hydrogens (tertiary/aromatic N) is 1. The quantitative estimate of drug-likeness (QED) is 0.177. The molecule has 0 spiro atoms. The molecule has 0 unspecified atom stereocenters. The van der Waals surface area contributed by atoms with Crippen molar-refractivity contribution in [1.82, 2.24) is 5.43 Å². The van der Waals surface area contributed by atoms with Crippen molar-refractivity contribution in [2.45, 2.75) is 13.8 Å². The van der Waals surface area contributed by atoms with Crippen LogP contribution >= 0.6 is 0 Å². The Morgan fingerprint density at radius 1 is 0.829 bits per heavy atom. The molecule has 0 fully saturated rings. The SMILES string of the molecule is COc1ccc(C(=O)Oc2ccc(/C=N/NC(=O)C(=O)Nc3c(C)cccc3C)cc2OC)cc1. The van der Waals surface area contributed by atoms with Gasteiger partial charge in [0.2, 0.25) is 0 Å². The highest BCUT2D eigenvalue weighted by Crippen LogP contribution is 2.28. The van der Waals surface area contributed by atoms with E-state index < -0.39 is 17.8 Å². The van der Waals surface area contributed by atoms with Gasteiger partial charge in [0.25, 0.3) is 0 Å². The number of ether oxygens (including phenoxy) is 3. The van der Waals surface area contributed by atoms with Crippen LogP contribution in [0.15, 0.2) is 65.8 Å². The van der Waals surface area contributed by atoms with Gasteiger partial charge >= 0.3 is 17.8 Å². The van der Waals surface area contributed by atoms with E-state index in [1.807, 2.05) is 32.0 Å². The molecule has 0 atom stereocenters. The zero-order chi connectivity index (χ0) is 25.4. The summed E-state index contributed by atoms with van der Waals surface area (Å²) in [7, 11) is 2.97. The number of carbonyl (C=O) groups is 3. The Kier molecular flexibility index (Phi) is 8.18. The minimum absolute atomic E-state index is 0.211. The fraction of sp³-hybridized carbons (Fsp3) is 0.154. The van der Waals surface area contributed by atoms with Crippen molar-refractivity contribution in [2.24, 2.45) is 5.10 Å². The molecule has 180 valence electrons. The number of para-hydroxylation sites is 1. The average Bonchev–Trinajstić information content (AvgIpc) is 2.86. The molecule has 0 radical (unpaired) electrons. The number of rotatable bonds is 7. The summed E-state index contributed by atoms with van der Waals surface area (Å²) in [6.07, 6.45) is 1.34. The predicted octanol–water partition coefficient (Wildman–Crippen LogP) is 3.63. The van der Waals surface area contributed by atoms with Crippen LogP contribution in [0.5, 0.6) is 17.2 Å². The Balaban J connectivity index is 1.62. The van der Waals surface area contributed by atoms with Gasteiger partial charge < -0.3 is 19.5 Å². The van der Waals surface area contributed by atoms with Crippen molar-refractivity contribution < 1.29 is 28.6 Å². The number of hydrazone groups is 1. The third kappa shape index (κ3) is 6.44. The van der Waals surface area contributed by atoms with Crippen molar-refractivity contribution in [2.75, 3.05) is 19.5 Å². The Morgan fingerprint density at radius 3 is 2.14 bits per heavy atom. The lowest BCUT2D eigenvalue weighted by Crippen LogP contribution is -2.32. The zero-order valence-corrected chi connectivity index (χ0v) is 19.7. The van der Waals surface area contributed by atoms with Crippen LogP contribution in [0.1, 0.15) is 27.0 Å².